The molecule has 0 radical (unpaired) electrons. The lowest BCUT2D eigenvalue weighted by molar-refractivity contribution is 1.58. The Labute approximate surface area is 112 Å². The highest BCUT2D eigenvalue weighted by molar-refractivity contribution is 5.47. The average Bonchev–Trinajstić information content (AvgIpc) is 2.41. The molecule has 0 unspecified atom stereocenters. The van der Waals surface area contributed by atoms with Gasteiger partial charge in [0, 0.05) is 0 Å². The summed E-state index contributed by atoms with van der Waals surface area (Å²) < 4.78 is 0. The summed E-state index contributed by atoms with van der Waals surface area (Å²) in [5.41, 5.74) is 2.28. The van der Waals surface area contributed by atoms with Crippen LogP contribution in [0.25, 0.3) is 6.08 Å². The van der Waals surface area contributed by atoms with Crippen LogP contribution >= 0.6 is 0 Å². The highest BCUT2D eigenvalue weighted by Gasteiger charge is 1.77. The molecule has 0 atom stereocenters. The van der Waals surface area contributed by atoms with E-state index >= 15 is 0 Å². The van der Waals surface area contributed by atoms with Crippen LogP contribution in [0.3, 0.4) is 0 Å². The van der Waals surface area contributed by atoms with E-state index in [4.69, 9.17) is 0 Å². The molecule has 0 bridgehead atoms. The summed E-state index contributed by atoms with van der Waals surface area (Å²) in [5.74, 6) is 0. The molecular formula is C18H24. The largest absolute Gasteiger partial charge is 0.0991 e. The van der Waals surface area contributed by atoms with Crippen molar-refractivity contribution in [1.29, 1.82) is 0 Å². The molecule has 18 heavy (non-hydrogen) atoms. The standard InChI is InChI=1S/C9H10.C5H8.C4H6/c1-2-6-9-7-4-3-5-8-9;1-4-5(2)3;1-3-4-2/h2-8H,1H3;4H,1-2H2,3H3;3-4H,1-2H2. The molecule has 0 heterocycles. The van der Waals surface area contributed by atoms with Gasteiger partial charge < -0.3 is 0 Å². The molecule has 0 fully saturated rings. The Balaban J connectivity index is 0. The maximum atomic E-state index is 3.56. The summed E-state index contributed by atoms with van der Waals surface area (Å²) in [6.45, 7) is 17.7. The second kappa shape index (κ2) is 14.9. The first-order chi connectivity index (χ1) is 8.62. The van der Waals surface area contributed by atoms with Gasteiger partial charge in [-0.05, 0) is 19.4 Å². The maximum absolute atomic E-state index is 3.56. The van der Waals surface area contributed by atoms with Crippen LogP contribution in [0.2, 0.25) is 0 Å². The summed E-state index contributed by atoms with van der Waals surface area (Å²) in [6.07, 6.45) is 9.12. The first-order valence-corrected chi connectivity index (χ1v) is 5.81. The lowest BCUT2D eigenvalue weighted by atomic mass is 10.2. The summed E-state index contributed by atoms with van der Waals surface area (Å²) >= 11 is 0. The number of hydrogen-bond acceptors (Lipinski definition) is 0. The molecule has 0 N–H and O–H groups in total. The minimum Gasteiger partial charge on any atom is -0.0991 e. The molecule has 0 saturated heterocycles. The monoisotopic (exact) mass is 240 g/mol. The van der Waals surface area contributed by atoms with Crippen LogP contribution in [0.5, 0.6) is 0 Å². The molecule has 0 saturated carbocycles. The third-order valence-electron chi connectivity index (χ3n) is 1.67. The highest BCUT2D eigenvalue weighted by atomic mass is 13.8. The van der Waals surface area contributed by atoms with Crippen LogP contribution in [0, 0.1) is 0 Å². The smallest absolute Gasteiger partial charge is 0.0260 e. The summed E-state index contributed by atoms with van der Waals surface area (Å²) in [4.78, 5) is 0. The Kier molecular flexibility index (Phi) is 15.2. The third kappa shape index (κ3) is 16.4. The Morgan fingerprint density at radius 2 is 1.44 bits per heavy atom. The van der Waals surface area contributed by atoms with E-state index in [1.807, 2.05) is 38.1 Å². The van der Waals surface area contributed by atoms with Crippen LogP contribution in [-0.4, -0.2) is 0 Å². The molecule has 1 rings (SSSR count). The van der Waals surface area contributed by atoms with Gasteiger partial charge in [-0.2, -0.15) is 0 Å². The molecule has 0 aliphatic carbocycles. The van der Waals surface area contributed by atoms with Gasteiger partial charge in [-0.3, -0.25) is 0 Å². The van der Waals surface area contributed by atoms with Crippen LogP contribution in [-0.2, 0) is 0 Å². The Morgan fingerprint density at radius 3 is 1.72 bits per heavy atom. The van der Waals surface area contributed by atoms with E-state index in [1.54, 1.807) is 18.2 Å². The molecule has 1 aromatic carbocycles. The van der Waals surface area contributed by atoms with Gasteiger partial charge in [-0.15, -0.1) is 0 Å². The number of rotatable bonds is 3. The molecule has 0 spiro atoms. The van der Waals surface area contributed by atoms with Crippen molar-refractivity contribution in [1.82, 2.24) is 0 Å². The first kappa shape index (κ1) is 18.3. The van der Waals surface area contributed by atoms with Gasteiger partial charge in [0.2, 0.25) is 0 Å². The van der Waals surface area contributed by atoms with E-state index in [0.717, 1.165) is 5.57 Å². The average molecular weight is 240 g/mol. The van der Waals surface area contributed by atoms with Crippen molar-refractivity contribution in [2.24, 2.45) is 0 Å². The highest BCUT2D eigenvalue weighted by Crippen LogP contribution is 1.99. The summed E-state index contributed by atoms with van der Waals surface area (Å²) in [5, 5.41) is 0. The van der Waals surface area contributed by atoms with E-state index in [1.165, 1.54) is 5.56 Å². The van der Waals surface area contributed by atoms with Gasteiger partial charge in [0.25, 0.3) is 0 Å². The zero-order chi connectivity index (χ0) is 14.2. The van der Waals surface area contributed by atoms with Crippen molar-refractivity contribution in [3.63, 3.8) is 0 Å². The SMILES string of the molecule is C=CC(=C)C.C=CC=C.CC=Cc1ccccc1. The molecule has 0 aliphatic heterocycles. The van der Waals surface area contributed by atoms with Crippen LogP contribution in [0.15, 0.2) is 86.5 Å². The predicted molar refractivity (Wildman–Crippen MR) is 86.6 cm³/mol. The zero-order valence-electron chi connectivity index (χ0n) is 11.6. The first-order valence-electron chi connectivity index (χ1n) is 5.81. The van der Waals surface area contributed by atoms with Gasteiger partial charge in [-0.25, -0.2) is 0 Å². The topological polar surface area (TPSA) is 0 Å². The Bertz CT molecular complexity index is 360. The third-order valence-corrected chi connectivity index (χ3v) is 1.67. The minimum atomic E-state index is 1.02. The molecule has 1 aromatic rings. The predicted octanol–water partition coefficient (Wildman–Crippen LogP) is 5.83. The maximum Gasteiger partial charge on any atom is -0.0260 e. The van der Waals surface area contributed by atoms with Crippen molar-refractivity contribution in [2.75, 3.05) is 0 Å². The van der Waals surface area contributed by atoms with Gasteiger partial charge in [0.05, 0.1) is 0 Å². The van der Waals surface area contributed by atoms with Crippen molar-refractivity contribution in [2.45, 2.75) is 13.8 Å². The molecular weight excluding hydrogens is 216 g/mol. The van der Waals surface area contributed by atoms with E-state index in [2.05, 4.69) is 44.5 Å². The van der Waals surface area contributed by atoms with Crippen LogP contribution in [0.4, 0.5) is 0 Å². The summed E-state index contributed by atoms with van der Waals surface area (Å²) in [7, 11) is 0. The fourth-order valence-corrected chi connectivity index (χ4v) is 0.757. The Morgan fingerprint density at radius 1 is 1.00 bits per heavy atom. The number of allylic oxidation sites excluding steroid dienone is 5. The normalized spacial score (nSPS) is 8.11. The van der Waals surface area contributed by atoms with E-state index < -0.39 is 0 Å². The van der Waals surface area contributed by atoms with Gasteiger partial charge in [0.1, 0.15) is 0 Å². The minimum absolute atomic E-state index is 1.02. The fraction of sp³-hybridized carbons (Fsp3) is 0.111. The Hall–Kier alpha value is -2.08. The van der Waals surface area contributed by atoms with Gasteiger partial charge >= 0.3 is 0 Å². The summed E-state index contributed by atoms with van der Waals surface area (Å²) in [6, 6.07) is 10.3. The molecule has 0 heteroatoms. The van der Waals surface area contributed by atoms with E-state index in [-0.39, 0.29) is 0 Å². The lowest BCUT2D eigenvalue weighted by Crippen LogP contribution is -1.65. The molecule has 0 aliphatic rings. The molecule has 0 amide bonds. The molecule has 0 aromatic heterocycles. The van der Waals surface area contributed by atoms with E-state index in [9.17, 15) is 0 Å². The van der Waals surface area contributed by atoms with Crippen molar-refractivity contribution in [3.05, 3.63) is 92.1 Å². The van der Waals surface area contributed by atoms with Gasteiger partial charge in [-0.1, -0.05) is 92.6 Å². The van der Waals surface area contributed by atoms with Crippen molar-refractivity contribution in [3.8, 4) is 0 Å². The molecule has 96 valence electrons. The fourth-order valence-electron chi connectivity index (χ4n) is 0.757. The van der Waals surface area contributed by atoms with Gasteiger partial charge in [0.15, 0.2) is 0 Å². The zero-order valence-corrected chi connectivity index (χ0v) is 11.6. The van der Waals surface area contributed by atoms with E-state index in [0.29, 0.717) is 0 Å². The van der Waals surface area contributed by atoms with Crippen LogP contribution < -0.4 is 0 Å². The molecule has 0 nitrogen and oxygen atoms in total. The van der Waals surface area contributed by atoms with Crippen LogP contribution in [0.1, 0.15) is 19.4 Å². The second-order valence-electron chi connectivity index (χ2n) is 3.43. The second-order valence-corrected chi connectivity index (χ2v) is 3.43. The lowest BCUT2D eigenvalue weighted by Gasteiger charge is -1.86. The van der Waals surface area contributed by atoms with Crippen molar-refractivity contribution < 1.29 is 0 Å². The number of hydrogen-bond donors (Lipinski definition) is 0. The quantitative estimate of drug-likeness (QED) is 0.583. The number of benzene rings is 1. The van der Waals surface area contributed by atoms with Crippen molar-refractivity contribution >= 4 is 6.08 Å².